The molecule has 1 rings (SSSR count). The Kier molecular flexibility index (Phi) is 7.19. The lowest BCUT2D eigenvalue weighted by molar-refractivity contribution is 0.296. The van der Waals surface area contributed by atoms with Crippen molar-refractivity contribution in [3.05, 3.63) is 34.3 Å². The predicted molar refractivity (Wildman–Crippen MR) is 79.3 cm³/mol. The van der Waals surface area contributed by atoms with Crippen LogP contribution in [0.25, 0.3) is 0 Å². The van der Waals surface area contributed by atoms with Gasteiger partial charge in [-0.1, -0.05) is 35.0 Å². The molecule has 0 radical (unpaired) electrons. The highest BCUT2D eigenvalue weighted by molar-refractivity contribution is 9.10. The fourth-order valence-corrected chi connectivity index (χ4v) is 3.21. The topological polar surface area (TPSA) is 46.2 Å². The summed E-state index contributed by atoms with van der Waals surface area (Å²) < 4.78 is 1.09. The molecule has 2 unspecified atom stereocenters. The van der Waals surface area contributed by atoms with Crippen LogP contribution < -0.4 is 5.73 Å². The van der Waals surface area contributed by atoms with Gasteiger partial charge in [0.1, 0.15) is 0 Å². The Morgan fingerprint density at radius 3 is 2.53 bits per heavy atom. The van der Waals surface area contributed by atoms with Gasteiger partial charge in [0.25, 0.3) is 0 Å². The third-order valence-electron chi connectivity index (χ3n) is 2.66. The van der Waals surface area contributed by atoms with Gasteiger partial charge in [-0.25, -0.2) is 0 Å². The molecule has 0 fully saturated rings. The highest BCUT2D eigenvalue weighted by Gasteiger charge is 2.18. The van der Waals surface area contributed by atoms with Crippen molar-refractivity contribution in [2.24, 2.45) is 5.73 Å². The van der Waals surface area contributed by atoms with Crippen molar-refractivity contribution >= 4 is 27.7 Å². The normalized spacial score (nSPS) is 14.6. The van der Waals surface area contributed by atoms with Crippen LogP contribution in [0.4, 0.5) is 0 Å². The Morgan fingerprint density at radius 2 is 2.00 bits per heavy atom. The maximum Gasteiger partial charge on any atom is 0.0448 e. The molecule has 0 aliphatic heterocycles. The summed E-state index contributed by atoms with van der Waals surface area (Å²) in [5.74, 6) is 0.949. The first-order chi connectivity index (χ1) is 8.19. The SMILES string of the molecule is CCC(N)C(SCCCO)c1ccc(Br)cc1. The lowest BCUT2D eigenvalue weighted by atomic mass is 10.0. The fraction of sp³-hybridized carbons (Fsp3) is 0.538. The fourth-order valence-electron chi connectivity index (χ4n) is 1.61. The van der Waals surface area contributed by atoms with E-state index in [1.165, 1.54) is 5.56 Å². The van der Waals surface area contributed by atoms with Gasteiger partial charge >= 0.3 is 0 Å². The van der Waals surface area contributed by atoms with Crippen LogP contribution in [0.3, 0.4) is 0 Å². The van der Waals surface area contributed by atoms with Gasteiger partial charge in [0.05, 0.1) is 0 Å². The van der Waals surface area contributed by atoms with Gasteiger partial charge in [0, 0.05) is 22.4 Å². The molecule has 17 heavy (non-hydrogen) atoms. The zero-order valence-corrected chi connectivity index (χ0v) is 12.5. The molecule has 0 saturated heterocycles. The quantitative estimate of drug-likeness (QED) is 0.758. The summed E-state index contributed by atoms with van der Waals surface area (Å²) in [6, 6.07) is 8.51. The van der Waals surface area contributed by atoms with Gasteiger partial charge in [0.15, 0.2) is 0 Å². The van der Waals surface area contributed by atoms with Gasteiger partial charge < -0.3 is 10.8 Å². The molecule has 0 aromatic heterocycles. The van der Waals surface area contributed by atoms with E-state index in [0.717, 1.165) is 23.1 Å². The number of rotatable bonds is 7. The zero-order valence-electron chi connectivity index (χ0n) is 10.1. The largest absolute Gasteiger partial charge is 0.396 e. The number of hydrogen-bond acceptors (Lipinski definition) is 3. The molecule has 0 saturated carbocycles. The van der Waals surface area contributed by atoms with E-state index in [0.29, 0.717) is 5.25 Å². The molecule has 2 atom stereocenters. The van der Waals surface area contributed by atoms with Crippen LogP contribution in [0.15, 0.2) is 28.7 Å². The molecule has 0 aliphatic rings. The number of halogens is 1. The second-order valence-corrected chi connectivity index (χ2v) is 6.16. The number of aliphatic hydroxyl groups is 1. The molecule has 1 aromatic carbocycles. The van der Waals surface area contributed by atoms with E-state index in [2.05, 4.69) is 47.1 Å². The Bertz CT molecular complexity index is 318. The number of aliphatic hydroxyl groups excluding tert-OH is 1. The predicted octanol–water partition coefficient (Wildman–Crippen LogP) is 3.34. The highest BCUT2D eigenvalue weighted by Crippen LogP contribution is 2.33. The van der Waals surface area contributed by atoms with Crippen molar-refractivity contribution < 1.29 is 5.11 Å². The molecule has 0 amide bonds. The minimum absolute atomic E-state index is 0.167. The average Bonchev–Trinajstić information content (AvgIpc) is 2.35. The Hall–Kier alpha value is -0.0300. The number of hydrogen-bond donors (Lipinski definition) is 2. The average molecular weight is 318 g/mol. The molecule has 0 heterocycles. The molecular formula is C13H20BrNOS. The summed E-state index contributed by atoms with van der Waals surface area (Å²) >= 11 is 5.28. The van der Waals surface area contributed by atoms with Crippen molar-refractivity contribution in [3.8, 4) is 0 Å². The highest BCUT2D eigenvalue weighted by atomic mass is 79.9. The molecule has 3 N–H and O–H groups in total. The van der Waals surface area contributed by atoms with Crippen molar-refractivity contribution in [2.45, 2.75) is 31.1 Å². The number of thioether (sulfide) groups is 1. The molecule has 0 spiro atoms. The first-order valence-corrected chi connectivity index (χ1v) is 7.76. The summed E-state index contributed by atoms with van der Waals surface area (Å²) in [6.45, 7) is 2.37. The van der Waals surface area contributed by atoms with Crippen molar-refractivity contribution in [3.63, 3.8) is 0 Å². The van der Waals surface area contributed by atoms with Crippen LogP contribution in [0.5, 0.6) is 0 Å². The second kappa shape index (κ2) is 8.14. The van der Waals surface area contributed by atoms with E-state index >= 15 is 0 Å². The second-order valence-electron chi connectivity index (χ2n) is 3.99. The van der Waals surface area contributed by atoms with Gasteiger partial charge in [-0.3, -0.25) is 0 Å². The summed E-state index contributed by atoms with van der Waals surface area (Å²) in [5.41, 5.74) is 7.44. The van der Waals surface area contributed by atoms with Gasteiger partial charge in [0.2, 0.25) is 0 Å². The molecular weight excluding hydrogens is 298 g/mol. The zero-order chi connectivity index (χ0) is 12.7. The lowest BCUT2D eigenvalue weighted by Crippen LogP contribution is -2.26. The van der Waals surface area contributed by atoms with E-state index in [-0.39, 0.29) is 12.6 Å². The van der Waals surface area contributed by atoms with E-state index < -0.39 is 0 Å². The van der Waals surface area contributed by atoms with E-state index in [1.54, 1.807) is 0 Å². The van der Waals surface area contributed by atoms with Crippen LogP contribution in [-0.4, -0.2) is 23.5 Å². The molecule has 4 heteroatoms. The number of benzene rings is 1. The van der Waals surface area contributed by atoms with Crippen LogP contribution in [0.1, 0.15) is 30.6 Å². The monoisotopic (exact) mass is 317 g/mol. The summed E-state index contributed by atoms with van der Waals surface area (Å²) in [6.07, 6.45) is 1.79. The van der Waals surface area contributed by atoms with Crippen LogP contribution in [-0.2, 0) is 0 Å². The van der Waals surface area contributed by atoms with Crippen molar-refractivity contribution in [1.82, 2.24) is 0 Å². The van der Waals surface area contributed by atoms with Crippen LogP contribution in [0.2, 0.25) is 0 Å². The molecule has 0 aliphatic carbocycles. The standard InChI is InChI=1S/C13H20BrNOS/c1-2-12(15)13(17-9-3-8-16)10-4-6-11(14)7-5-10/h4-7,12-13,16H,2-3,8-9,15H2,1H3. The van der Waals surface area contributed by atoms with Crippen LogP contribution in [0, 0.1) is 0 Å². The Labute approximate surface area is 116 Å². The third kappa shape index (κ3) is 5.00. The number of nitrogens with two attached hydrogens (primary N) is 1. The van der Waals surface area contributed by atoms with Gasteiger partial charge in [-0.05, 0) is 36.3 Å². The van der Waals surface area contributed by atoms with Gasteiger partial charge in [-0.15, -0.1) is 0 Å². The smallest absolute Gasteiger partial charge is 0.0448 e. The lowest BCUT2D eigenvalue weighted by Gasteiger charge is -2.23. The Balaban J connectivity index is 2.71. The first-order valence-electron chi connectivity index (χ1n) is 5.92. The van der Waals surface area contributed by atoms with E-state index in [4.69, 9.17) is 10.8 Å². The molecule has 2 nitrogen and oxygen atoms in total. The molecule has 0 bridgehead atoms. The summed E-state index contributed by atoms with van der Waals surface area (Å²) in [5, 5.41) is 9.15. The molecule has 96 valence electrons. The summed E-state index contributed by atoms with van der Waals surface area (Å²) in [7, 11) is 0. The van der Waals surface area contributed by atoms with Crippen LogP contribution >= 0.6 is 27.7 Å². The van der Waals surface area contributed by atoms with Crippen molar-refractivity contribution in [2.75, 3.05) is 12.4 Å². The molecule has 1 aromatic rings. The summed E-state index contributed by atoms with van der Waals surface area (Å²) in [4.78, 5) is 0. The Morgan fingerprint density at radius 1 is 1.35 bits per heavy atom. The maximum atomic E-state index is 8.83. The minimum atomic E-state index is 0.167. The third-order valence-corrected chi connectivity index (χ3v) is 4.69. The first kappa shape index (κ1) is 15.0. The van der Waals surface area contributed by atoms with E-state index in [1.807, 2.05) is 11.8 Å². The van der Waals surface area contributed by atoms with Gasteiger partial charge in [-0.2, -0.15) is 11.8 Å². The maximum absolute atomic E-state index is 8.83. The minimum Gasteiger partial charge on any atom is -0.396 e. The van der Waals surface area contributed by atoms with Crippen molar-refractivity contribution in [1.29, 1.82) is 0 Å². The van der Waals surface area contributed by atoms with E-state index in [9.17, 15) is 0 Å².